The number of nitrogens with one attached hydrogen (secondary N) is 1. The van der Waals surface area contributed by atoms with Gasteiger partial charge in [0.05, 0.1) is 0 Å². The van der Waals surface area contributed by atoms with Crippen LogP contribution in [0.5, 0.6) is 0 Å². The number of rotatable bonds is 4. The van der Waals surface area contributed by atoms with Crippen molar-refractivity contribution in [2.24, 2.45) is 0 Å². The molecule has 114 valence electrons. The van der Waals surface area contributed by atoms with Crippen molar-refractivity contribution in [3.05, 3.63) is 29.8 Å². The van der Waals surface area contributed by atoms with E-state index in [2.05, 4.69) is 5.32 Å². The Morgan fingerprint density at radius 3 is 2.48 bits per heavy atom. The molecule has 0 saturated carbocycles. The van der Waals surface area contributed by atoms with Crippen LogP contribution in [0, 0.1) is 6.92 Å². The first-order valence-electron chi connectivity index (χ1n) is 7.00. The van der Waals surface area contributed by atoms with Crippen LogP contribution in [0.4, 0.5) is 10.5 Å². The number of carboxylic acids is 1. The number of nitrogens with zero attached hydrogens (tertiary/aromatic N) is 1. The lowest BCUT2D eigenvalue weighted by Gasteiger charge is -2.27. The topological polar surface area (TPSA) is 78.9 Å². The van der Waals surface area contributed by atoms with Gasteiger partial charge in [0.25, 0.3) is 0 Å². The summed E-state index contributed by atoms with van der Waals surface area (Å²) in [7, 11) is 0. The normalized spacial score (nSPS) is 15.5. The van der Waals surface area contributed by atoms with Gasteiger partial charge in [0.1, 0.15) is 6.54 Å². The highest BCUT2D eigenvalue weighted by Gasteiger charge is 2.22. The van der Waals surface area contributed by atoms with E-state index in [-0.39, 0.29) is 18.6 Å². The smallest absolute Gasteiger partial charge is 0.323 e. The van der Waals surface area contributed by atoms with Crippen molar-refractivity contribution in [2.75, 3.05) is 24.7 Å². The molecular weight excluding hydrogens is 272 g/mol. The summed E-state index contributed by atoms with van der Waals surface area (Å²) < 4.78 is 5.25. The second kappa shape index (κ2) is 7.08. The SMILES string of the molecule is Cc1ccc(N(CC(=O)O)C(=O)NC2CCOCC2)cc1. The van der Waals surface area contributed by atoms with Gasteiger partial charge in [-0.05, 0) is 31.9 Å². The molecule has 0 unspecified atom stereocenters. The Hall–Kier alpha value is -2.08. The van der Waals surface area contributed by atoms with Gasteiger partial charge in [0.15, 0.2) is 0 Å². The molecule has 1 fully saturated rings. The van der Waals surface area contributed by atoms with E-state index >= 15 is 0 Å². The van der Waals surface area contributed by atoms with E-state index in [1.54, 1.807) is 12.1 Å². The molecule has 2 rings (SSSR count). The summed E-state index contributed by atoms with van der Waals surface area (Å²) in [6.07, 6.45) is 1.50. The summed E-state index contributed by atoms with van der Waals surface area (Å²) in [5.74, 6) is -1.04. The molecule has 0 atom stereocenters. The number of carbonyl (C=O) groups is 2. The monoisotopic (exact) mass is 292 g/mol. The van der Waals surface area contributed by atoms with E-state index < -0.39 is 5.97 Å². The van der Waals surface area contributed by atoms with Crippen molar-refractivity contribution in [3.63, 3.8) is 0 Å². The number of benzene rings is 1. The average Bonchev–Trinajstić information content (AvgIpc) is 2.46. The number of carbonyl (C=O) groups excluding carboxylic acids is 1. The number of carboxylic acid groups (broad SMARTS) is 1. The molecule has 6 heteroatoms. The highest BCUT2D eigenvalue weighted by Crippen LogP contribution is 2.16. The number of ether oxygens (including phenoxy) is 1. The molecule has 0 aromatic heterocycles. The summed E-state index contributed by atoms with van der Waals surface area (Å²) >= 11 is 0. The molecule has 0 bridgehead atoms. The minimum atomic E-state index is -1.04. The first kappa shape index (κ1) is 15.3. The number of aliphatic carboxylic acids is 1. The van der Waals surface area contributed by atoms with Crippen LogP contribution in [0.25, 0.3) is 0 Å². The largest absolute Gasteiger partial charge is 0.480 e. The molecule has 21 heavy (non-hydrogen) atoms. The van der Waals surface area contributed by atoms with Gasteiger partial charge in [-0.2, -0.15) is 0 Å². The van der Waals surface area contributed by atoms with Crippen LogP contribution in [0.15, 0.2) is 24.3 Å². The van der Waals surface area contributed by atoms with Gasteiger partial charge in [-0.1, -0.05) is 17.7 Å². The summed E-state index contributed by atoms with van der Waals surface area (Å²) in [5, 5.41) is 11.9. The lowest BCUT2D eigenvalue weighted by atomic mass is 10.1. The predicted octanol–water partition coefficient (Wildman–Crippen LogP) is 1.77. The maximum absolute atomic E-state index is 12.3. The van der Waals surface area contributed by atoms with Crippen molar-refractivity contribution < 1.29 is 19.4 Å². The highest BCUT2D eigenvalue weighted by molar-refractivity contribution is 5.96. The Morgan fingerprint density at radius 2 is 1.90 bits per heavy atom. The van der Waals surface area contributed by atoms with Gasteiger partial charge in [-0.15, -0.1) is 0 Å². The van der Waals surface area contributed by atoms with Crippen LogP contribution < -0.4 is 10.2 Å². The summed E-state index contributed by atoms with van der Waals surface area (Å²) in [6.45, 7) is 2.81. The third-order valence-electron chi connectivity index (χ3n) is 3.43. The Kier molecular flexibility index (Phi) is 5.16. The van der Waals surface area contributed by atoms with Crippen molar-refractivity contribution in [3.8, 4) is 0 Å². The van der Waals surface area contributed by atoms with Gasteiger partial charge in [-0.25, -0.2) is 4.79 Å². The lowest BCUT2D eigenvalue weighted by molar-refractivity contribution is -0.135. The van der Waals surface area contributed by atoms with E-state index in [4.69, 9.17) is 9.84 Å². The van der Waals surface area contributed by atoms with Crippen LogP contribution in [0.1, 0.15) is 18.4 Å². The maximum Gasteiger partial charge on any atom is 0.323 e. The molecule has 1 aromatic carbocycles. The summed E-state index contributed by atoms with van der Waals surface area (Å²) in [4.78, 5) is 24.6. The number of anilines is 1. The first-order valence-corrected chi connectivity index (χ1v) is 7.00. The van der Waals surface area contributed by atoms with Crippen LogP contribution >= 0.6 is 0 Å². The van der Waals surface area contributed by atoms with Crippen molar-refractivity contribution in [1.82, 2.24) is 5.32 Å². The first-order chi connectivity index (χ1) is 10.1. The predicted molar refractivity (Wildman–Crippen MR) is 78.5 cm³/mol. The highest BCUT2D eigenvalue weighted by atomic mass is 16.5. The minimum Gasteiger partial charge on any atom is -0.480 e. The zero-order valence-electron chi connectivity index (χ0n) is 12.0. The Morgan fingerprint density at radius 1 is 1.29 bits per heavy atom. The van der Waals surface area contributed by atoms with E-state index in [9.17, 15) is 9.59 Å². The second-order valence-corrected chi connectivity index (χ2v) is 5.15. The van der Waals surface area contributed by atoms with E-state index in [1.807, 2.05) is 19.1 Å². The van der Waals surface area contributed by atoms with Gasteiger partial charge < -0.3 is 15.2 Å². The molecule has 1 saturated heterocycles. The number of hydrogen-bond donors (Lipinski definition) is 2. The Balaban J connectivity index is 2.08. The quantitative estimate of drug-likeness (QED) is 0.886. The molecule has 2 N–H and O–H groups in total. The number of hydrogen-bond acceptors (Lipinski definition) is 3. The fourth-order valence-corrected chi connectivity index (χ4v) is 2.23. The standard InChI is InChI=1S/C15H20N2O4/c1-11-2-4-13(5-3-11)17(10-14(18)19)15(20)16-12-6-8-21-9-7-12/h2-5,12H,6-10H2,1H3,(H,16,20)(H,18,19). The third kappa shape index (κ3) is 4.46. The molecule has 0 aliphatic carbocycles. The molecule has 1 aromatic rings. The van der Waals surface area contributed by atoms with Crippen molar-refractivity contribution >= 4 is 17.7 Å². The lowest BCUT2D eigenvalue weighted by Crippen LogP contribution is -2.48. The molecule has 1 heterocycles. The molecule has 2 amide bonds. The van der Waals surface area contributed by atoms with Gasteiger partial charge >= 0.3 is 12.0 Å². The van der Waals surface area contributed by atoms with Gasteiger partial charge in [0.2, 0.25) is 0 Å². The van der Waals surface area contributed by atoms with E-state index in [0.29, 0.717) is 18.9 Å². The zero-order chi connectivity index (χ0) is 15.2. The second-order valence-electron chi connectivity index (χ2n) is 5.15. The Labute approximate surface area is 123 Å². The van der Waals surface area contributed by atoms with Crippen LogP contribution in [0.2, 0.25) is 0 Å². The molecule has 6 nitrogen and oxygen atoms in total. The van der Waals surface area contributed by atoms with Gasteiger partial charge in [0, 0.05) is 24.9 Å². The maximum atomic E-state index is 12.3. The Bertz CT molecular complexity index is 495. The molecule has 0 spiro atoms. The minimum absolute atomic E-state index is 0.0352. The fourth-order valence-electron chi connectivity index (χ4n) is 2.23. The van der Waals surface area contributed by atoms with Crippen LogP contribution in [-0.2, 0) is 9.53 Å². The fraction of sp³-hybridized carbons (Fsp3) is 0.467. The molecular formula is C15H20N2O4. The number of amides is 2. The zero-order valence-corrected chi connectivity index (χ0v) is 12.0. The van der Waals surface area contributed by atoms with Crippen molar-refractivity contribution in [1.29, 1.82) is 0 Å². The number of urea groups is 1. The van der Waals surface area contributed by atoms with E-state index in [1.165, 1.54) is 4.90 Å². The van der Waals surface area contributed by atoms with Crippen LogP contribution in [-0.4, -0.2) is 42.9 Å². The summed E-state index contributed by atoms with van der Waals surface area (Å²) in [5.41, 5.74) is 1.63. The van der Waals surface area contributed by atoms with E-state index in [0.717, 1.165) is 18.4 Å². The van der Waals surface area contributed by atoms with Gasteiger partial charge in [-0.3, -0.25) is 9.69 Å². The average molecular weight is 292 g/mol. The third-order valence-corrected chi connectivity index (χ3v) is 3.43. The molecule has 1 aliphatic rings. The number of aryl methyl sites for hydroxylation is 1. The molecule has 1 aliphatic heterocycles. The summed E-state index contributed by atoms with van der Waals surface area (Å²) in [6, 6.07) is 6.86. The van der Waals surface area contributed by atoms with Crippen LogP contribution in [0.3, 0.4) is 0 Å². The molecule has 0 radical (unpaired) electrons. The van der Waals surface area contributed by atoms with Crippen molar-refractivity contribution in [2.45, 2.75) is 25.8 Å².